The molecule has 1 saturated carbocycles. The molecule has 2 amide bonds. The monoisotopic (exact) mass is 489 g/mol. The van der Waals surface area contributed by atoms with Crippen molar-refractivity contribution in [2.24, 2.45) is 0 Å². The highest BCUT2D eigenvalue weighted by Gasteiger charge is 2.50. The number of aromatic nitrogens is 1. The second-order valence-electron chi connectivity index (χ2n) is 10.2. The molecule has 5 rings (SSSR count). The van der Waals surface area contributed by atoms with Gasteiger partial charge in [-0.3, -0.25) is 9.59 Å². The van der Waals surface area contributed by atoms with Gasteiger partial charge in [0.1, 0.15) is 22.7 Å². The Morgan fingerprint density at radius 3 is 2.36 bits per heavy atom. The molecule has 0 saturated heterocycles. The molecular weight excluding hydrogens is 454 g/mol. The predicted molar refractivity (Wildman–Crippen MR) is 139 cm³/mol. The third-order valence-corrected chi connectivity index (χ3v) is 7.96. The lowest BCUT2D eigenvalue weighted by Crippen LogP contribution is -2.65. The summed E-state index contributed by atoms with van der Waals surface area (Å²) in [6.07, 6.45) is 5.40. The van der Waals surface area contributed by atoms with Crippen molar-refractivity contribution in [3.63, 3.8) is 0 Å². The van der Waals surface area contributed by atoms with Crippen LogP contribution in [0, 0.1) is 0 Å². The lowest BCUT2D eigenvalue weighted by Gasteiger charge is -2.47. The van der Waals surface area contributed by atoms with Crippen molar-refractivity contribution in [3.05, 3.63) is 59.8 Å². The molecule has 0 unspecified atom stereocenters. The van der Waals surface area contributed by atoms with Gasteiger partial charge in [-0.15, -0.1) is 0 Å². The van der Waals surface area contributed by atoms with E-state index in [4.69, 9.17) is 9.47 Å². The zero-order valence-corrected chi connectivity index (χ0v) is 21.5. The lowest BCUT2D eigenvalue weighted by atomic mass is 9.89. The van der Waals surface area contributed by atoms with E-state index in [2.05, 4.69) is 5.32 Å². The zero-order chi connectivity index (χ0) is 25.4. The highest BCUT2D eigenvalue weighted by molar-refractivity contribution is 6.06. The minimum absolute atomic E-state index is 0.111. The second kappa shape index (κ2) is 9.52. The molecule has 1 fully saturated rings. The fourth-order valence-electron chi connectivity index (χ4n) is 5.99. The standard InChI is InChI=1S/C29H35N3O4/c1-19(20-11-7-5-8-12-20)32-27(33)23-17-22-24(35-3)15-16-25(36-4)26(22)31(23)18-29(32,2)28(34)30-21-13-9-6-10-14-21/h5,7-8,11-12,15-17,19,21H,6,9-10,13-14,18H2,1-4H3,(H,30,34)/t19-,29-/m1/s1. The summed E-state index contributed by atoms with van der Waals surface area (Å²) in [4.78, 5) is 30.1. The van der Waals surface area contributed by atoms with Crippen LogP contribution in [0.5, 0.6) is 11.5 Å². The fourth-order valence-corrected chi connectivity index (χ4v) is 5.99. The Hall–Kier alpha value is -3.48. The van der Waals surface area contributed by atoms with Crippen molar-refractivity contribution in [1.29, 1.82) is 0 Å². The van der Waals surface area contributed by atoms with Crippen molar-refractivity contribution in [3.8, 4) is 11.5 Å². The number of rotatable bonds is 6. The molecule has 2 aliphatic rings. The highest BCUT2D eigenvalue weighted by atomic mass is 16.5. The number of hydrogen-bond donors (Lipinski definition) is 1. The maximum Gasteiger partial charge on any atom is 0.271 e. The van der Waals surface area contributed by atoms with Crippen LogP contribution < -0.4 is 14.8 Å². The smallest absolute Gasteiger partial charge is 0.271 e. The Bertz CT molecular complexity index is 1280. The first kappa shape index (κ1) is 24.2. The number of fused-ring (bicyclic) bond motifs is 3. The van der Waals surface area contributed by atoms with Crippen LogP contribution in [0.1, 0.15) is 68.0 Å². The van der Waals surface area contributed by atoms with Gasteiger partial charge in [-0.2, -0.15) is 0 Å². The van der Waals surface area contributed by atoms with Gasteiger partial charge in [0, 0.05) is 11.4 Å². The van der Waals surface area contributed by atoms with E-state index < -0.39 is 5.54 Å². The number of carbonyl (C=O) groups is 2. The van der Waals surface area contributed by atoms with E-state index in [9.17, 15) is 9.59 Å². The maximum atomic E-state index is 14.3. The number of amides is 2. The van der Waals surface area contributed by atoms with E-state index in [-0.39, 0.29) is 23.9 Å². The largest absolute Gasteiger partial charge is 0.496 e. The van der Waals surface area contributed by atoms with Crippen LogP contribution in [0.2, 0.25) is 0 Å². The van der Waals surface area contributed by atoms with Gasteiger partial charge < -0.3 is 24.3 Å². The van der Waals surface area contributed by atoms with Crippen LogP contribution in [0.25, 0.3) is 10.9 Å². The Balaban J connectivity index is 1.65. The minimum atomic E-state index is -1.10. The third-order valence-electron chi connectivity index (χ3n) is 7.96. The van der Waals surface area contributed by atoms with Crippen LogP contribution in [0.15, 0.2) is 48.5 Å². The SMILES string of the molecule is COc1ccc(OC)c2c1cc1n2C[C@](C)(C(=O)NC2CCCCC2)N([C@H](C)c2ccccc2)C1=O. The van der Waals surface area contributed by atoms with Crippen LogP contribution in [-0.4, -0.2) is 47.1 Å². The van der Waals surface area contributed by atoms with Gasteiger partial charge in [0.2, 0.25) is 5.91 Å². The van der Waals surface area contributed by atoms with Crippen molar-refractivity contribution in [2.75, 3.05) is 14.2 Å². The summed E-state index contributed by atoms with van der Waals surface area (Å²) in [5.41, 5.74) is 1.18. The molecule has 1 aromatic heterocycles. The molecule has 0 bridgehead atoms. The number of hydrogen-bond acceptors (Lipinski definition) is 4. The minimum Gasteiger partial charge on any atom is -0.496 e. The fraction of sp³-hybridized carbons (Fsp3) is 0.448. The van der Waals surface area contributed by atoms with Crippen LogP contribution in [0.4, 0.5) is 0 Å². The maximum absolute atomic E-state index is 14.3. The number of methoxy groups -OCH3 is 2. The molecule has 3 aromatic rings. The number of ether oxygens (including phenoxy) is 2. The molecule has 2 atom stereocenters. The molecule has 1 N–H and O–H groups in total. The summed E-state index contributed by atoms with van der Waals surface area (Å²) in [6.45, 7) is 4.21. The van der Waals surface area contributed by atoms with Crippen LogP contribution in [0.3, 0.4) is 0 Å². The van der Waals surface area contributed by atoms with Crippen molar-refractivity contribution in [1.82, 2.24) is 14.8 Å². The summed E-state index contributed by atoms with van der Waals surface area (Å²) in [6, 6.07) is 15.3. The average Bonchev–Trinajstić information content (AvgIpc) is 3.28. The molecule has 7 nitrogen and oxygen atoms in total. The van der Waals surface area contributed by atoms with Crippen molar-refractivity contribution in [2.45, 2.75) is 70.1 Å². The van der Waals surface area contributed by atoms with Gasteiger partial charge >= 0.3 is 0 Å². The third kappa shape index (κ3) is 3.91. The van der Waals surface area contributed by atoms with Crippen LogP contribution >= 0.6 is 0 Å². The van der Waals surface area contributed by atoms with Gasteiger partial charge in [-0.05, 0) is 50.5 Å². The second-order valence-corrected chi connectivity index (χ2v) is 10.2. The number of carbonyl (C=O) groups excluding carboxylic acids is 2. The predicted octanol–water partition coefficient (Wildman–Crippen LogP) is 5.08. The Morgan fingerprint density at radius 1 is 1.03 bits per heavy atom. The number of nitrogens with zero attached hydrogens (tertiary/aromatic N) is 2. The van der Waals surface area contributed by atoms with E-state index in [0.29, 0.717) is 23.7 Å². The summed E-state index contributed by atoms with van der Waals surface area (Å²) in [5.74, 6) is 1.01. The first-order chi connectivity index (χ1) is 17.4. The van der Waals surface area contributed by atoms with Gasteiger partial charge in [0.05, 0.1) is 32.3 Å². The molecular formula is C29H35N3O4. The molecule has 1 aliphatic carbocycles. The summed E-state index contributed by atoms with van der Waals surface area (Å²) < 4.78 is 13.2. The Labute approximate surface area is 212 Å². The van der Waals surface area contributed by atoms with E-state index in [0.717, 1.165) is 42.1 Å². The molecule has 36 heavy (non-hydrogen) atoms. The Morgan fingerprint density at radius 2 is 1.69 bits per heavy atom. The van der Waals surface area contributed by atoms with Gasteiger partial charge in [-0.25, -0.2) is 0 Å². The summed E-state index contributed by atoms with van der Waals surface area (Å²) in [5, 5.41) is 4.10. The highest BCUT2D eigenvalue weighted by Crippen LogP contribution is 2.42. The molecule has 1 aliphatic heterocycles. The molecule has 190 valence electrons. The average molecular weight is 490 g/mol. The molecule has 7 heteroatoms. The van der Waals surface area contributed by atoms with Gasteiger partial charge in [-0.1, -0.05) is 49.6 Å². The number of benzene rings is 2. The quantitative estimate of drug-likeness (QED) is 0.524. The normalized spacial score (nSPS) is 21.2. The van der Waals surface area contributed by atoms with Gasteiger partial charge in [0.15, 0.2) is 0 Å². The molecule has 0 radical (unpaired) electrons. The number of nitrogens with one attached hydrogen (secondary N) is 1. The first-order valence-corrected chi connectivity index (χ1v) is 12.8. The van der Waals surface area contributed by atoms with Crippen LogP contribution in [-0.2, 0) is 11.3 Å². The van der Waals surface area contributed by atoms with Gasteiger partial charge in [0.25, 0.3) is 5.91 Å². The first-order valence-electron chi connectivity index (χ1n) is 12.8. The summed E-state index contributed by atoms with van der Waals surface area (Å²) >= 11 is 0. The lowest BCUT2D eigenvalue weighted by molar-refractivity contribution is -0.135. The van der Waals surface area contributed by atoms with Crippen molar-refractivity contribution >= 4 is 22.7 Å². The van der Waals surface area contributed by atoms with Crippen molar-refractivity contribution < 1.29 is 19.1 Å². The topological polar surface area (TPSA) is 72.8 Å². The molecule has 2 aromatic carbocycles. The van der Waals surface area contributed by atoms with E-state index >= 15 is 0 Å². The van der Waals surface area contributed by atoms with E-state index in [1.807, 2.05) is 66.9 Å². The molecule has 0 spiro atoms. The molecule has 2 heterocycles. The zero-order valence-electron chi connectivity index (χ0n) is 21.5. The van der Waals surface area contributed by atoms with E-state index in [1.165, 1.54) is 6.42 Å². The van der Waals surface area contributed by atoms with E-state index in [1.54, 1.807) is 19.1 Å². The summed E-state index contributed by atoms with van der Waals surface area (Å²) in [7, 11) is 3.23. The Kier molecular flexibility index (Phi) is 6.41.